The van der Waals surface area contributed by atoms with Gasteiger partial charge in [0.25, 0.3) is 5.91 Å². The molecule has 0 saturated heterocycles. The van der Waals surface area contributed by atoms with Gasteiger partial charge in [-0.05, 0) is 44.0 Å². The number of amides is 1. The molecule has 2 atom stereocenters. The molecule has 26 heavy (non-hydrogen) atoms. The van der Waals surface area contributed by atoms with E-state index in [0.29, 0.717) is 10.8 Å². The van der Waals surface area contributed by atoms with Crippen LogP contribution in [0.25, 0.3) is 0 Å². The van der Waals surface area contributed by atoms with Crippen molar-refractivity contribution in [2.24, 2.45) is 0 Å². The van der Waals surface area contributed by atoms with Gasteiger partial charge in [-0.3, -0.25) is 4.79 Å². The zero-order chi connectivity index (χ0) is 18.7. The Labute approximate surface area is 157 Å². The van der Waals surface area contributed by atoms with E-state index in [1.54, 1.807) is 36.1 Å². The number of esters is 1. The van der Waals surface area contributed by atoms with Gasteiger partial charge in [-0.25, -0.2) is 4.79 Å². The van der Waals surface area contributed by atoms with Crippen LogP contribution in [-0.2, 0) is 20.7 Å². The lowest BCUT2D eigenvalue weighted by Crippen LogP contribution is -2.43. The van der Waals surface area contributed by atoms with Crippen molar-refractivity contribution in [2.75, 3.05) is 11.5 Å². The molecule has 0 spiro atoms. The second-order valence-electron chi connectivity index (χ2n) is 6.24. The van der Waals surface area contributed by atoms with E-state index in [9.17, 15) is 9.59 Å². The molecule has 2 aromatic carbocycles. The number of benzene rings is 2. The highest BCUT2D eigenvalue weighted by Crippen LogP contribution is 2.32. The molecular weight excluding hydrogens is 354 g/mol. The average Bonchev–Trinajstić information content (AvgIpc) is 2.96. The molecule has 3 rings (SSSR count). The van der Waals surface area contributed by atoms with Gasteiger partial charge in [0.1, 0.15) is 5.75 Å². The molecule has 2 aromatic rings. The molecule has 6 heteroatoms. The quantitative estimate of drug-likeness (QED) is 0.751. The third-order valence-corrected chi connectivity index (χ3v) is 4.60. The number of nitrogens with zero attached hydrogens (tertiary/aromatic N) is 1. The monoisotopic (exact) mass is 373 g/mol. The van der Waals surface area contributed by atoms with E-state index in [1.807, 2.05) is 31.2 Å². The highest BCUT2D eigenvalue weighted by Gasteiger charge is 2.34. The van der Waals surface area contributed by atoms with E-state index in [-0.39, 0.29) is 18.6 Å². The largest absolute Gasteiger partial charge is 0.480 e. The Balaban J connectivity index is 1.59. The molecule has 5 nitrogen and oxygen atoms in total. The summed E-state index contributed by atoms with van der Waals surface area (Å²) < 4.78 is 10.6. The average molecular weight is 374 g/mol. The summed E-state index contributed by atoms with van der Waals surface area (Å²) in [7, 11) is 0. The van der Waals surface area contributed by atoms with E-state index in [2.05, 4.69) is 0 Å². The van der Waals surface area contributed by atoms with Gasteiger partial charge < -0.3 is 14.4 Å². The number of hydrogen-bond donors (Lipinski definition) is 0. The minimum Gasteiger partial charge on any atom is -0.480 e. The summed E-state index contributed by atoms with van der Waals surface area (Å²) in [5.41, 5.74) is 1.99. The highest BCUT2D eigenvalue weighted by atomic mass is 35.5. The molecule has 0 N–H and O–H groups in total. The second kappa shape index (κ2) is 7.79. The number of anilines is 1. The maximum absolute atomic E-state index is 12.8. The van der Waals surface area contributed by atoms with E-state index in [4.69, 9.17) is 21.1 Å². The Hall–Kier alpha value is -2.53. The van der Waals surface area contributed by atoms with E-state index in [0.717, 1.165) is 17.7 Å². The van der Waals surface area contributed by atoms with Crippen LogP contribution in [0, 0.1) is 0 Å². The van der Waals surface area contributed by atoms with Crippen LogP contribution in [0.5, 0.6) is 5.75 Å². The number of ether oxygens (including phenoxy) is 2. The van der Waals surface area contributed by atoms with Gasteiger partial charge >= 0.3 is 5.97 Å². The SMILES string of the molecule is C[C@H](OC(=O)COc1ccccc1Cl)C(=O)N1c2ccccc2C[C@@H]1C. The predicted octanol–water partition coefficient (Wildman–Crippen LogP) is 3.63. The summed E-state index contributed by atoms with van der Waals surface area (Å²) in [4.78, 5) is 26.5. The Morgan fingerprint density at radius 1 is 1.19 bits per heavy atom. The molecule has 0 saturated carbocycles. The summed E-state index contributed by atoms with van der Waals surface area (Å²) in [5, 5.41) is 0.409. The fraction of sp³-hybridized carbons (Fsp3) is 0.300. The zero-order valence-electron chi connectivity index (χ0n) is 14.6. The number of halogens is 1. The van der Waals surface area contributed by atoms with Crippen LogP contribution in [-0.4, -0.2) is 30.6 Å². The standard InChI is InChI=1S/C20H20ClNO4/c1-13-11-15-7-3-5-9-17(15)22(13)20(24)14(2)26-19(23)12-25-18-10-6-4-8-16(18)21/h3-10,13-14H,11-12H2,1-2H3/t13-,14-/m0/s1. The molecule has 1 amide bonds. The van der Waals surface area contributed by atoms with Crippen LogP contribution < -0.4 is 9.64 Å². The lowest BCUT2D eigenvalue weighted by Gasteiger charge is -2.25. The van der Waals surface area contributed by atoms with Gasteiger partial charge in [-0.15, -0.1) is 0 Å². The third kappa shape index (κ3) is 3.83. The Kier molecular flexibility index (Phi) is 5.47. The highest BCUT2D eigenvalue weighted by molar-refractivity contribution is 6.32. The van der Waals surface area contributed by atoms with Crippen LogP contribution in [0.3, 0.4) is 0 Å². The smallest absolute Gasteiger partial charge is 0.344 e. The maximum atomic E-state index is 12.8. The van der Waals surface area contributed by atoms with Crippen LogP contribution >= 0.6 is 11.6 Å². The molecule has 0 aromatic heterocycles. The first kappa shape index (κ1) is 18.3. The van der Waals surface area contributed by atoms with Crippen LogP contribution in [0.1, 0.15) is 19.4 Å². The summed E-state index contributed by atoms with van der Waals surface area (Å²) >= 11 is 5.98. The van der Waals surface area contributed by atoms with Gasteiger partial charge in [0.05, 0.1) is 5.02 Å². The number of rotatable bonds is 5. The van der Waals surface area contributed by atoms with Crippen LogP contribution in [0.15, 0.2) is 48.5 Å². The molecule has 0 bridgehead atoms. The number of hydrogen-bond acceptors (Lipinski definition) is 4. The number of carbonyl (C=O) groups is 2. The fourth-order valence-corrected chi connectivity index (χ4v) is 3.27. The molecule has 0 fully saturated rings. The lowest BCUT2D eigenvalue weighted by molar-refractivity contribution is -0.155. The van der Waals surface area contributed by atoms with Crippen molar-refractivity contribution in [3.8, 4) is 5.75 Å². The number of carbonyl (C=O) groups excluding carboxylic acids is 2. The first-order chi connectivity index (χ1) is 12.5. The van der Waals surface area contributed by atoms with Crippen molar-refractivity contribution in [1.82, 2.24) is 0 Å². The molecule has 1 aliphatic heterocycles. The molecule has 0 radical (unpaired) electrons. The third-order valence-electron chi connectivity index (χ3n) is 4.28. The van der Waals surface area contributed by atoms with Gasteiger partial charge in [0.2, 0.25) is 0 Å². The summed E-state index contributed by atoms with van der Waals surface area (Å²) in [6, 6.07) is 14.6. The first-order valence-electron chi connectivity index (χ1n) is 8.45. The zero-order valence-corrected chi connectivity index (χ0v) is 15.4. The van der Waals surface area contributed by atoms with E-state index < -0.39 is 12.1 Å². The number of fused-ring (bicyclic) bond motifs is 1. The van der Waals surface area contributed by atoms with Crippen LogP contribution in [0.2, 0.25) is 5.02 Å². The second-order valence-corrected chi connectivity index (χ2v) is 6.65. The lowest BCUT2D eigenvalue weighted by atomic mass is 10.1. The van der Waals surface area contributed by atoms with Gasteiger partial charge in [0, 0.05) is 11.7 Å². The minimum atomic E-state index is -0.897. The summed E-state index contributed by atoms with van der Waals surface area (Å²) in [6.45, 7) is 3.24. The molecule has 1 aliphatic rings. The van der Waals surface area contributed by atoms with Crippen molar-refractivity contribution in [1.29, 1.82) is 0 Å². The van der Waals surface area contributed by atoms with Crippen molar-refractivity contribution < 1.29 is 19.1 Å². The normalized spacial score (nSPS) is 16.7. The van der Waals surface area contributed by atoms with Crippen LogP contribution in [0.4, 0.5) is 5.69 Å². The van der Waals surface area contributed by atoms with Crippen molar-refractivity contribution in [3.63, 3.8) is 0 Å². The summed E-state index contributed by atoms with van der Waals surface area (Å²) in [6.07, 6.45) is -0.107. The molecule has 1 heterocycles. The maximum Gasteiger partial charge on any atom is 0.344 e. The molecular formula is C20H20ClNO4. The predicted molar refractivity (Wildman–Crippen MR) is 99.6 cm³/mol. The van der Waals surface area contributed by atoms with Crippen molar-refractivity contribution >= 4 is 29.2 Å². The molecule has 0 unspecified atom stereocenters. The Bertz CT molecular complexity index is 823. The molecule has 136 valence electrons. The van der Waals surface area contributed by atoms with Gasteiger partial charge in [-0.2, -0.15) is 0 Å². The summed E-state index contributed by atoms with van der Waals surface area (Å²) in [5.74, 6) is -0.466. The van der Waals surface area contributed by atoms with Crippen molar-refractivity contribution in [2.45, 2.75) is 32.4 Å². The number of para-hydroxylation sites is 2. The Morgan fingerprint density at radius 2 is 1.88 bits per heavy atom. The minimum absolute atomic E-state index is 0.0282. The van der Waals surface area contributed by atoms with Crippen molar-refractivity contribution in [3.05, 3.63) is 59.1 Å². The Morgan fingerprint density at radius 3 is 2.65 bits per heavy atom. The van der Waals surface area contributed by atoms with Gasteiger partial charge in [0.15, 0.2) is 12.7 Å². The van der Waals surface area contributed by atoms with E-state index >= 15 is 0 Å². The van der Waals surface area contributed by atoms with E-state index in [1.165, 1.54) is 0 Å². The van der Waals surface area contributed by atoms with Gasteiger partial charge in [-0.1, -0.05) is 41.9 Å². The fourth-order valence-electron chi connectivity index (χ4n) is 3.08. The first-order valence-corrected chi connectivity index (χ1v) is 8.83. The topological polar surface area (TPSA) is 55.8 Å². The molecule has 0 aliphatic carbocycles.